The van der Waals surface area contributed by atoms with E-state index in [1.165, 1.54) is 10.6 Å². The Hall–Kier alpha value is -1.16. The number of hydrogen-bond donors (Lipinski definition) is 1. The summed E-state index contributed by atoms with van der Waals surface area (Å²) in [4.78, 5) is 14.1. The van der Waals surface area contributed by atoms with Gasteiger partial charge in [0, 0.05) is 30.2 Å². The van der Waals surface area contributed by atoms with Gasteiger partial charge >= 0.3 is 5.97 Å². The molecule has 0 amide bonds. The Morgan fingerprint density at radius 1 is 1.44 bits per heavy atom. The zero-order valence-electron chi connectivity index (χ0n) is 9.06. The molecular weight excluding hydrogens is 222 g/mol. The highest BCUT2D eigenvalue weighted by Gasteiger charge is 2.16. The Labute approximate surface area is 99.5 Å². The molecule has 1 aliphatic heterocycles. The first-order valence-corrected chi connectivity index (χ1v) is 6.44. The van der Waals surface area contributed by atoms with E-state index in [2.05, 4.69) is 17.0 Å². The van der Waals surface area contributed by atoms with E-state index in [-0.39, 0.29) is 6.42 Å². The van der Waals surface area contributed by atoms with Crippen molar-refractivity contribution in [3.05, 3.63) is 24.3 Å². The summed E-state index contributed by atoms with van der Waals surface area (Å²) in [6, 6.07) is 8.33. The van der Waals surface area contributed by atoms with Crippen LogP contribution in [0.3, 0.4) is 0 Å². The lowest BCUT2D eigenvalue weighted by Gasteiger charge is -2.30. The summed E-state index contributed by atoms with van der Waals surface area (Å²) in [5.41, 5.74) is 1.25. The maximum absolute atomic E-state index is 10.5. The van der Waals surface area contributed by atoms with Gasteiger partial charge in [-0.3, -0.25) is 4.79 Å². The molecule has 1 heterocycles. The number of fused-ring (bicyclic) bond motifs is 1. The number of aliphatic carboxylic acids is 1. The van der Waals surface area contributed by atoms with Gasteiger partial charge in [0.05, 0.1) is 5.69 Å². The normalized spacial score (nSPS) is 14.6. The lowest BCUT2D eigenvalue weighted by Crippen LogP contribution is -2.30. The van der Waals surface area contributed by atoms with Crippen molar-refractivity contribution in [1.82, 2.24) is 0 Å². The summed E-state index contributed by atoms with van der Waals surface area (Å²) >= 11 is 1.87. The van der Waals surface area contributed by atoms with Crippen molar-refractivity contribution in [1.29, 1.82) is 0 Å². The maximum atomic E-state index is 10.5. The molecule has 16 heavy (non-hydrogen) atoms. The summed E-state index contributed by atoms with van der Waals surface area (Å²) in [5, 5.41) is 8.62. The number of carbonyl (C=O) groups is 1. The molecule has 0 radical (unpaired) electrons. The lowest BCUT2D eigenvalue weighted by molar-refractivity contribution is -0.137. The fraction of sp³-hybridized carbons (Fsp3) is 0.417. The van der Waals surface area contributed by atoms with Crippen molar-refractivity contribution in [3.8, 4) is 0 Å². The number of carboxylic acids is 1. The topological polar surface area (TPSA) is 40.5 Å². The van der Waals surface area contributed by atoms with Crippen molar-refractivity contribution in [3.63, 3.8) is 0 Å². The number of para-hydroxylation sites is 1. The zero-order valence-corrected chi connectivity index (χ0v) is 9.87. The molecule has 0 atom stereocenters. The molecule has 1 aliphatic rings. The average molecular weight is 237 g/mol. The van der Waals surface area contributed by atoms with Crippen molar-refractivity contribution in [2.75, 3.05) is 23.7 Å². The maximum Gasteiger partial charge on any atom is 0.303 e. The van der Waals surface area contributed by atoms with E-state index in [9.17, 15) is 4.79 Å². The van der Waals surface area contributed by atoms with E-state index >= 15 is 0 Å². The van der Waals surface area contributed by atoms with E-state index < -0.39 is 5.97 Å². The molecule has 0 unspecified atom stereocenters. The summed E-state index contributed by atoms with van der Waals surface area (Å²) in [5.74, 6) is 0.379. The number of rotatable bonds is 4. The third-order valence-corrected chi connectivity index (χ3v) is 3.69. The SMILES string of the molecule is O=C(O)CCCN1CCSc2ccccc21. The van der Waals surface area contributed by atoms with Crippen molar-refractivity contribution in [2.24, 2.45) is 0 Å². The minimum absolute atomic E-state index is 0.256. The number of carboxylic acid groups (broad SMARTS) is 1. The van der Waals surface area contributed by atoms with E-state index in [0.29, 0.717) is 6.42 Å². The number of hydrogen-bond acceptors (Lipinski definition) is 3. The second kappa shape index (κ2) is 5.25. The van der Waals surface area contributed by atoms with Crippen molar-refractivity contribution in [2.45, 2.75) is 17.7 Å². The van der Waals surface area contributed by atoms with Crippen LogP contribution in [0.1, 0.15) is 12.8 Å². The molecule has 0 saturated carbocycles. The van der Waals surface area contributed by atoms with Crippen LogP contribution in [-0.4, -0.2) is 29.9 Å². The molecule has 2 rings (SSSR count). The third-order valence-electron chi connectivity index (χ3n) is 2.64. The Bertz CT molecular complexity index is 381. The van der Waals surface area contributed by atoms with Gasteiger partial charge < -0.3 is 10.0 Å². The Balaban J connectivity index is 1.99. The molecule has 1 N–H and O–H groups in total. The largest absolute Gasteiger partial charge is 0.481 e. The van der Waals surface area contributed by atoms with Gasteiger partial charge in [-0.25, -0.2) is 0 Å². The molecule has 0 bridgehead atoms. The second-order valence-corrected chi connectivity index (χ2v) is 4.94. The number of thioether (sulfide) groups is 1. The number of anilines is 1. The molecular formula is C12H15NO2S. The first-order valence-electron chi connectivity index (χ1n) is 5.46. The first-order chi connectivity index (χ1) is 7.77. The molecule has 0 fully saturated rings. The van der Waals surface area contributed by atoms with Crippen LogP contribution in [-0.2, 0) is 4.79 Å². The van der Waals surface area contributed by atoms with Crippen LogP contribution in [0.2, 0.25) is 0 Å². The van der Waals surface area contributed by atoms with Gasteiger partial charge in [0.25, 0.3) is 0 Å². The monoisotopic (exact) mass is 237 g/mol. The fourth-order valence-corrected chi connectivity index (χ4v) is 2.93. The molecule has 4 heteroatoms. The first kappa shape index (κ1) is 11.3. The smallest absolute Gasteiger partial charge is 0.303 e. The van der Waals surface area contributed by atoms with Crippen LogP contribution in [0.4, 0.5) is 5.69 Å². The van der Waals surface area contributed by atoms with Crippen molar-refractivity contribution >= 4 is 23.4 Å². The van der Waals surface area contributed by atoms with Crippen LogP contribution in [0, 0.1) is 0 Å². The van der Waals surface area contributed by atoms with Crippen LogP contribution >= 0.6 is 11.8 Å². The third kappa shape index (κ3) is 2.70. The quantitative estimate of drug-likeness (QED) is 0.873. The molecule has 3 nitrogen and oxygen atoms in total. The minimum Gasteiger partial charge on any atom is -0.481 e. The van der Waals surface area contributed by atoms with Crippen LogP contribution in [0.5, 0.6) is 0 Å². The summed E-state index contributed by atoms with van der Waals surface area (Å²) in [7, 11) is 0. The van der Waals surface area contributed by atoms with Crippen molar-refractivity contribution < 1.29 is 9.90 Å². The van der Waals surface area contributed by atoms with E-state index in [1.54, 1.807) is 0 Å². The molecule has 0 aromatic heterocycles. The Kier molecular flexibility index (Phi) is 3.72. The van der Waals surface area contributed by atoms with E-state index in [0.717, 1.165) is 18.8 Å². The lowest BCUT2D eigenvalue weighted by atomic mass is 10.2. The van der Waals surface area contributed by atoms with Gasteiger partial charge in [0.1, 0.15) is 0 Å². The summed E-state index contributed by atoms with van der Waals surface area (Å²) in [6.07, 6.45) is 0.972. The zero-order chi connectivity index (χ0) is 11.4. The standard InChI is InChI=1S/C12H15NO2S/c14-12(15)6-3-7-13-8-9-16-11-5-2-1-4-10(11)13/h1-2,4-5H,3,6-9H2,(H,14,15). The minimum atomic E-state index is -0.709. The van der Waals surface area contributed by atoms with Gasteiger partial charge in [0.2, 0.25) is 0 Å². The molecule has 0 aliphatic carbocycles. The molecule has 1 aromatic carbocycles. The summed E-state index contributed by atoms with van der Waals surface area (Å²) < 4.78 is 0. The highest BCUT2D eigenvalue weighted by Crippen LogP contribution is 2.34. The van der Waals surface area contributed by atoms with Gasteiger partial charge in [-0.2, -0.15) is 0 Å². The molecule has 86 valence electrons. The van der Waals surface area contributed by atoms with Gasteiger partial charge in [0.15, 0.2) is 0 Å². The molecule has 1 aromatic rings. The highest BCUT2D eigenvalue weighted by atomic mass is 32.2. The molecule has 0 saturated heterocycles. The van der Waals surface area contributed by atoms with Gasteiger partial charge in [-0.05, 0) is 18.6 Å². The fourth-order valence-electron chi connectivity index (χ4n) is 1.88. The molecule has 0 spiro atoms. The van der Waals surface area contributed by atoms with Crippen LogP contribution in [0.25, 0.3) is 0 Å². The van der Waals surface area contributed by atoms with Crippen LogP contribution < -0.4 is 4.90 Å². The van der Waals surface area contributed by atoms with Gasteiger partial charge in [-0.1, -0.05) is 12.1 Å². The number of nitrogens with zero attached hydrogens (tertiary/aromatic N) is 1. The average Bonchev–Trinajstić information content (AvgIpc) is 2.29. The van der Waals surface area contributed by atoms with Crippen LogP contribution in [0.15, 0.2) is 29.2 Å². The second-order valence-electron chi connectivity index (χ2n) is 3.80. The highest BCUT2D eigenvalue weighted by molar-refractivity contribution is 7.99. The predicted octanol–water partition coefficient (Wildman–Crippen LogP) is 2.46. The predicted molar refractivity (Wildman–Crippen MR) is 66.2 cm³/mol. The van der Waals surface area contributed by atoms with Gasteiger partial charge in [-0.15, -0.1) is 11.8 Å². The van der Waals surface area contributed by atoms with E-state index in [1.807, 2.05) is 23.9 Å². The Morgan fingerprint density at radius 2 is 2.25 bits per heavy atom. The number of benzene rings is 1. The Morgan fingerprint density at radius 3 is 3.06 bits per heavy atom. The van der Waals surface area contributed by atoms with E-state index in [4.69, 9.17) is 5.11 Å². The summed E-state index contributed by atoms with van der Waals surface area (Å²) in [6.45, 7) is 1.85.